The van der Waals surface area contributed by atoms with Crippen molar-refractivity contribution in [1.82, 2.24) is 4.57 Å². The molecule has 468 valence electrons. The second-order valence-corrected chi connectivity index (χ2v) is 28.3. The maximum atomic E-state index is 2.69. The van der Waals surface area contributed by atoms with Crippen LogP contribution in [0.25, 0.3) is 137 Å². The molecule has 1 aromatic heterocycles. The van der Waals surface area contributed by atoms with Crippen LogP contribution in [0.4, 0.5) is 34.1 Å². The van der Waals surface area contributed by atoms with Gasteiger partial charge in [-0.05, 0) is 170 Å². The first-order valence-electron chi connectivity index (χ1n) is 35.0. The molecule has 0 saturated carbocycles. The van der Waals surface area contributed by atoms with Crippen LogP contribution in [0.2, 0.25) is 0 Å². The van der Waals surface area contributed by atoms with Crippen molar-refractivity contribution in [2.24, 2.45) is 0 Å². The Morgan fingerprint density at radius 2 is 0.690 bits per heavy atom. The lowest BCUT2D eigenvalue weighted by Crippen LogP contribution is -2.61. The fraction of sp³-hybridized carbons (Fsp3) is 0.0417. The average molecular weight is 1270 g/mol. The second-order valence-electron chi connectivity index (χ2n) is 28.3. The fourth-order valence-corrected chi connectivity index (χ4v) is 17.1. The number of benzene rings is 17. The fourth-order valence-electron chi connectivity index (χ4n) is 17.1. The van der Waals surface area contributed by atoms with E-state index in [-0.39, 0.29) is 12.1 Å². The summed E-state index contributed by atoms with van der Waals surface area (Å²) in [6, 6.07) is 131. The van der Waals surface area contributed by atoms with Crippen LogP contribution in [0.1, 0.15) is 26.3 Å². The Hall–Kier alpha value is -12.5. The zero-order valence-electron chi connectivity index (χ0n) is 55.8. The highest BCUT2D eigenvalue weighted by Crippen LogP contribution is 2.55. The average Bonchev–Trinajstić information content (AvgIpc) is 0.755. The lowest BCUT2D eigenvalue weighted by Gasteiger charge is -2.46. The molecular weight excluding hydrogens is 1210 g/mol. The summed E-state index contributed by atoms with van der Waals surface area (Å²) in [4.78, 5) is 5.37. The molecule has 17 aromatic carbocycles. The van der Waals surface area contributed by atoms with E-state index >= 15 is 0 Å². The Bertz CT molecular complexity index is 6130. The van der Waals surface area contributed by atoms with Crippen molar-refractivity contribution in [1.29, 1.82) is 0 Å². The van der Waals surface area contributed by atoms with Crippen molar-refractivity contribution in [3.8, 4) is 72.4 Å². The van der Waals surface area contributed by atoms with E-state index in [4.69, 9.17) is 0 Å². The van der Waals surface area contributed by atoms with Gasteiger partial charge in [-0.15, -0.1) is 0 Å². The molecule has 0 fully saturated rings. The van der Waals surface area contributed by atoms with Gasteiger partial charge in [0.25, 0.3) is 6.71 Å². The molecular formula is C96H66BN3. The summed E-state index contributed by atoms with van der Waals surface area (Å²) in [6.45, 7) is 6.67. The van der Waals surface area contributed by atoms with Crippen molar-refractivity contribution in [3.05, 3.63) is 351 Å². The number of fused-ring (bicyclic) bond motifs is 9. The van der Waals surface area contributed by atoms with E-state index in [0.717, 1.165) is 95.4 Å². The molecule has 18 aromatic rings. The van der Waals surface area contributed by atoms with E-state index in [1.165, 1.54) is 98.0 Å². The second kappa shape index (κ2) is 22.5. The summed E-state index contributed by atoms with van der Waals surface area (Å²) >= 11 is 0. The van der Waals surface area contributed by atoms with Gasteiger partial charge in [0.15, 0.2) is 0 Å². The molecule has 0 bridgehead atoms. The van der Waals surface area contributed by atoms with Gasteiger partial charge in [-0.2, -0.15) is 0 Å². The van der Waals surface area contributed by atoms with Crippen LogP contribution < -0.4 is 26.2 Å². The van der Waals surface area contributed by atoms with Gasteiger partial charge in [-0.3, -0.25) is 0 Å². The van der Waals surface area contributed by atoms with Gasteiger partial charge >= 0.3 is 0 Å². The normalized spacial score (nSPS) is 12.7. The van der Waals surface area contributed by atoms with Gasteiger partial charge < -0.3 is 14.4 Å². The standard InChI is InChI=1S/C96H66BN3/c1-96(2,3)71-50-47-61(48-51-71)70-58-89-93-90(59-70)100(95-75(64-29-12-6-13-30-64)40-24-41-76(95)65-31-14-7-15-32-65)88-60-72(98-85-45-18-16-36-77(85)78-37-17-19-46-86(78)98)52-53-83(88)97(93)84-57-67(69-55-68-35-22-43-80-79-42-20-33-66-34-21-44-81(91(66)79)82(56-69)92(68)80)49-54-87(84)99(89)94-73(62-25-8-4-9-26-62)38-23-39-74(94)63-27-10-5-11-28-63/h4-60H,1-3H3. The maximum Gasteiger partial charge on any atom is 0.252 e. The largest absolute Gasteiger partial charge is 0.310 e. The number of para-hydroxylation sites is 4. The summed E-state index contributed by atoms with van der Waals surface area (Å²) in [5, 5.41) is 12.7. The van der Waals surface area contributed by atoms with Crippen molar-refractivity contribution >= 4 is 122 Å². The number of anilines is 6. The molecule has 0 spiro atoms. The van der Waals surface area contributed by atoms with Gasteiger partial charge in [0.05, 0.1) is 22.4 Å². The topological polar surface area (TPSA) is 11.4 Å². The smallest absolute Gasteiger partial charge is 0.252 e. The summed E-state index contributed by atoms with van der Waals surface area (Å²) in [5.41, 5.74) is 28.9. The molecule has 4 heteroatoms. The minimum absolute atomic E-state index is 0.0438. The zero-order chi connectivity index (χ0) is 66.3. The van der Waals surface area contributed by atoms with Crippen LogP contribution in [-0.4, -0.2) is 11.3 Å². The van der Waals surface area contributed by atoms with E-state index in [1.54, 1.807) is 0 Å². The van der Waals surface area contributed by atoms with Crippen LogP contribution in [0.15, 0.2) is 346 Å². The molecule has 3 nitrogen and oxygen atoms in total. The Balaban J connectivity index is 0.954. The van der Waals surface area contributed by atoms with Crippen LogP contribution in [0, 0.1) is 0 Å². The third-order valence-electron chi connectivity index (χ3n) is 21.6. The predicted octanol–water partition coefficient (Wildman–Crippen LogP) is 24.2. The van der Waals surface area contributed by atoms with E-state index in [2.05, 4.69) is 381 Å². The molecule has 0 radical (unpaired) electrons. The molecule has 0 unspecified atom stereocenters. The highest BCUT2D eigenvalue weighted by molar-refractivity contribution is 7.00. The lowest BCUT2D eigenvalue weighted by atomic mass is 9.33. The van der Waals surface area contributed by atoms with Crippen molar-refractivity contribution in [3.63, 3.8) is 0 Å². The van der Waals surface area contributed by atoms with E-state index in [9.17, 15) is 0 Å². The monoisotopic (exact) mass is 1270 g/mol. The molecule has 0 N–H and O–H groups in total. The molecule has 100 heavy (non-hydrogen) atoms. The number of hydrogen-bond donors (Lipinski definition) is 0. The maximum absolute atomic E-state index is 2.69. The highest BCUT2D eigenvalue weighted by Gasteiger charge is 2.46. The Morgan fingerprint density at radius 3 is 1.21 bits per heavy atom. The third kappa shape index (κ3) is 8.93. The van der Waals surface area contributed by atoms with Crippen LogP contribution >= 0.6 is 0 Å². The lowest BCUT2D eigenvalue weighted by molar-refractivity contribution is 0.590. The molecule has 20 rings (SSSR count). The zero-order valence-corrected chi connectivity index (χ0v) is 55.8. The SMILES string of the molecule is CC(C)(C)c1ccc(-c2cc3c4c(c2)N(c2c(-c5ccccc5)cccc2-c2ccccc2)c2cc(-n5c6ccccc6c6ccccc65)ccc2B4c2cc(-c4cc5cccc6c7cccc8cccc(c(c4)c56)c87)ccc2N3c2c(-c3ccccc3)cccc2-c2ccccc2)cc1. The minimum Gasteiger partial charge on any atom is -0.310 e. The quantitative estimate of drug-likeness (QED) is 0.0811. The van der Waals surface area contributed by atoms with E-state index in [1.807, 2.05) is 0 Å². The first-order valence-corrected chi connectivity index (χ1v) is 35.0. The summed E-state index contributed by atoms with van der Waals surface area (Å²) < 4.78 is 2.50. The van der Waals surface area contributed by atoms with Gasteiger partial charge in [-0.25, -0.2) is 0 Å². The van der Waals surface area contributed by atoms with Gasteiger partial charge in [0.2, 0.25) is 0 Å². The molecule has 0 saturated heterocycles. The number of rotatable bonds is 9. The van der Waals surface area contributed by atoms with E-state index in [0.29, 0.717) is 0 Å². The highest BCUT2D eigenvalue weighted by atomic mass is 15.2. The van der Waals surface area contributed by atoms with E-state index < -0.39 is 0 Å². The van der Waals surface area contributed by atoms with Gasteiger partial charge in [0.1, 0.15) is 0 Å². The minimum atomic E-state index is -0.258. The summed E-state index contributed by atoms with van der Waals surface area (Å²) in [6.07, 6.45) is 0. The Morgan fingerprint density at radius 1 is 0.260 bits per heavy atom. The number of aromatic nitrogens is 1. The molecule has 2 aliphatic rings. The van der Waals surface area contributed by atoms with Crippen molar-refractivity contribution in [2.45, 2.75) is 26.2 Å². The van der Waals surface area contributed by atoms with Crippen LogP contribution in [-0.2, 0) is 5.41 Å². The first kappa shape index (κ1) is 57.7. The van der Waals surface area contributed by atoms with Gasteiger partial charge in [-0.1, -0.05) is 312 Å². The number of nitrogens with zero attached hydrogens (tertiary/aromatic N) is 3. The Kier molecular flexibility index (Phi) is 13.0. The molecule has 0 aliphatic carbocycles. The van der Waals surface area contributed by atoms with Crippen LogP contribution in [0.5, 0.6) is 0 Å². The number of hydrogen-bond acceptors (Lipinski definition) is 2. The van der Waals surface area contributed by atoms with Gasteiger partial charge in [0, 0.05) is 61.5 Å². The third-order valence-corrected chi connectivity index (χ3v) is 21.6. The first-order chi connectivity index (χ1) is 49.3. The molecule has 2 aliphatic heterocycles. The molecule has 0 atom stereocenters. The van der Waals surface area contributed by atoms with Crippen molar-refractivity contribution < 1.29 is 0 Å². The summed E-state index contributed by atoms with van der Waals surface area (Å²) in [5.74, 6) is 0. The molecule has 3 heterocycles. The molecule has 0 amide bonds. The van der Waals surface area contributed by atoms with Crippen LogP contribution in [0.3, 0.4) is 0 Å². The predicted molar refractivity (Wildman–Crippen MR) is 427 cm³/mol. The van der Waals surface area contributed by atoms with Crippen molar-refractivity contribution in [2.75, 3.05) is 9.80 Å². The Labute approximate surface area is 582 Å². The summed E-state index contributed by atoms with van der Waals surface area (Å²) in [7, 11) is 0.